The first-order valence-electron chi connectivity index (χ1n) is 10.2. The van der Waals surface area contributed by atoms with Gasteiger partial charge in [0.25, 0.3) is 0 Å². The quantitative estimate of drug-likeness (QED) is 0.800. The van der Waals surface area contributed by atoms with E-state index >= 15 is 0 Å². The third-order valence-corrected chi connectivity index (χ3v) is 5.69. The number of rotatable bonds is 6. The fraction of sp³-hybridized carbons (Fsp3) is 0.458. The predicted octanol–water partition coefficient (Wildman–Crippen LogP) is 4.78. The van der Waals surface area contributed by atoms with E-state index in [1.165, 1.54) is 22.3 Å². The van der Waals surface area contributed by atoms with Gasteiger partial charge in [0.15, 0.2) is 0 Å². The van der Waals surface area contributed by atoms with Gasteiger partial charge in [-0.1, -0.05) is 66.6 Å². The molecule has 0 bridgehead atoms. The summed E-state index contributed by atoms with van der Waals surface area (Å²) in [5.74, 6) is 0.358. The first-order chi connectivity index (χ1) is 13.0. The molecular formula is C24H32N2O. The van der Waals surface area contributed by atoms with Gasteiger partial charge in [0.2, 0.25) is 5.91 Å². The van der Waals surface area contributed by atoms with Crippen molar-refractivity contribution in [1.82, 2.24) is 10.2 Å². The Morgan fingerprint density at radius 1 is 1.00 bits per heavy atom. The highest BCUT2D eigenvalue weighted by Gasteiger charge is 2.26. The fourth-order valence-electron chi connectivity index (χ4n) is 3.81. The van der Waals surface area contributed by atoms with Crippen LogP contribution in [0.2, 0.25) is 0 Å². The molecule has 3 rings (SSSR count). The lowest BCUT2D eigenvalue weighted by Gasteiger charge is -2.32. The normalized spacial score (nSPS) is 16.9. The molecule has 144 valence electrons. The number of nitrogens with zero attached hydrogens (tertiary/aromatic N) is 1. The van der Waals surface area contributed by atoms with Crippen LogP contribution in [0.15, 0.2) is 48.5 Å². The molecule has 1 atom stereocenters. The summed E-state index contributed by atoms with van der Waals surface area (Å²) in [5.41, 5.74) is 5.11. The van der Waals surface area contributed by atoms with Gasteiger partial charge in [0.1, 0.15) is 0 Å². The minimum Gasteiger partial charge on any atom is -0.349 e. The predicted molar refractivity (Wildman–Crippen MR) is 112 cm³/mol. The van der Waals surface area contributed by atoms with Gasteiger partial charge >= 0.3 is 0 Å². The Morgan fingerprint density at radius 3 is 2.11 bits per heavy atom. The number of nitrogens with one attached hydrogen (secondary N) is 1. The van der Waals surface area contributed by atoms with Gasteiger partial charge in [-0.3, -0.25) is 9.69 Å². The van der Waals surface area contributed by atoms with Crippen molar-refractivity contribution in [2.24, 2.45) is 5.92 Å². The van der Waals surface area contributed by atoms with Crippen LogP contribution < -0.4 is 5.32 Å². The number of amides is 1. The largest absolute Gasteiger partial charge is 0.349 e. The topological polar surface area (TPSA) is 32.3 Å². The monoisotopic (exact) mass is 364 g/mol. The summed E-state index contributed by atoms with van der Waals surface area (Å²) in [7, 11) is 0. The molecule has 2 aromatic rings. The molecule has 1 aliphatic heterocycles. The van der Waals surface area contributed by atoms with E-state index in [1.54, 1.807) is 0 Å². The van der Waals surface area contributed by atoms with E-state index in [1.807, 2.05) is 0 Å². The zero-order valence-corrected chi connectivity index (χ0v) is 16.9. The highest BCUT2D eigenvalue weighted by molar-refractivity contribution is 5.79. The molecule has 0 spiro atoms. The first kappa shape index (κ1) is 19.6. The van der Waals surface area contributed by atoms with Crippen LogP contribution in [0, 0.1) is 19.8 Å². The summed E-state index contributed by atoms with van der Waals surface area (Å²) >= 11 is 0. The molecule has 1 fully saturated rings. The van der Waals surface area contributed by atoms with E-state index in [-0.39, 0.29) is 17.9 Å². The van der Waals surface area contributed by atoms with Crippen molar-refractivity contribution in [3.63, 3.8) is 0 Å². The van der Waals surface area contributed by atoms with Crippen molar-refractivity contribution < 1.29 is 4.79 Å². The molecular weight excluding hydrogens is 332 g/mol. The molecule has 0 aromatic heterocycles. The number of likely N-dealkylation sites (tertiary alicyclic amines) is 1. The van der Waals surface area contributed by atoms with Crippen LogP contribution in [0.4, 0.5) is 0 Å². The van der Waals surface area contributed by atoms with Crippen LogP contribution >= 0.6 is 0 Å². The van der Waals surface area contributed by atoms with Crippen LogP contribution in [-0.4, -0.2) is 23.9 Å². The summed E-state index contributed by atoms with van der Waals surface area (Å²) in [6, 6.07) is 17.4. The molecule has 0 unspecified atom stereocenters. The molecule has 0 aliphatic carbocycles. The Balaban J connectivity index is 1.50. The van der Waals surface area contributed by atoms with Crippen LogP contribution in [-0.2, 0) is 11.3 Å². The SMILES string of the molecule is CC[C@H](NC(=O)C1CCN(Cc2ccc(C)cc2)CC1)c1ccc(C)cc1. The summed E-state index contributed by atoms with van der Waals surface area (Å²) in [5, 5.41) is 3.29. The maximum atomic E-state index is 12.8. The second-order valence-corrected chi connectivity index (χ2v) is 7.92. The van der Waals surface area contributed by atoms with Crippen molar-refractivity contribution in [1.29, 1.82) is 0 Å². The molecule has 2 aromatic carbocycles. The van der Waals surface area contributed by atoms with E-state index in [4.69, 9.17) is 0 Å². The molecule has 0 saturated carbocycles. The van der Waals surface area contributed by atoms with E-state index in [9.17, 15) is 4.79 Å². The van der Waals surface area contributed by atoms with Crippen LogP contribution in [0.5, 0.6) is 0 Å². The lowest BCUT2D eigenvalue weighted by atomic mass is 9.94. The van der Waals surface area contributed by atoms with E-state index < -0.39 is 0 Å². The number of carbonyl (C=O) groups is 1. The molecule has 3 heteroatoms. The molecule has 1 N–H and O–H groups in total. The van der Waals surface area contributed by atoms with Crippen molar-refractivity contribution >= 4 is 5.91 Å². The number of benzene rings is 2. The van der Waals surface area contributed by atoms with E-state index in [0.29, 0.717) is 0 Å². The van der Waals surface area contributed by atoms with Gasteiger partial charge in [-0.25, -0.2) is 0 Å². The van der Waals surface area contributed by atoms with Crippen molar-refractivity contribution in [2.45, 2.75) is 52.6 Å². The summed E-state index contributed by atoms with van der Waals surface area (Å²) in [6.07, 6.45) is 2.81. The molecule has 27 heavy (non-hydrogen) atoms. The van der Waals surface area contributed by atoms with Crippen molar-refractivity contribution in [2.75, 3.05) is 13.1 Å². The van der Waals surface area contributed by atoms with Gasteiger partial charge in [-0.2, -0.15) is 0 Å². The molecule has 1 heterocycles. The summed E-state index contributed by atoms with van der Waals surface area (Å²) in [6.45, 7) is 9.31. The van der Waals surface area contributed by atoms with Crippen molar-refractivity contribution in [3.8, 4) is 0 Å². The Bertz CT molecular complexity index is 728. The van der Waals surface area contributed by atoms with Gasteiger partial charge in [-0.15, -0.1) is 0 Å². The number of hydrogen-bond acceptors (Lipinski definition) is 2. The third-order valence-electron chi connectivity index (χ3n) is 5.69. The maximum Gasteiger partial charge on any atom is 0.223 e. The van der Waals surface area contributed by atoms with Crippen molar-refractivity contribution in [3.05, 3.63) is 70.8 Å². The van der Waals surface area contributed by atoms with E-state index in [2.05, 4.69) is 79.5 Å². The van der Waals surface area contributed by atoms with E-state index in [0.717, 1.165) is 38.9 Å². The lowest BCUT2D eigenvalue weighted by Crippen LogP contribution is -2.41. The Morgan fingerprint density at radius 2 is 1.56 bits per heavy atom. The fourth-order valence-corrected chi connectivity index (χ4v) is 3.81. The minimum atomic E-state index is 0.115. The second-order valence-electron chi connectivity index (χ2n) is 7.92. The third kappa shape index (κ3) is 5.43. The van der Waals surface area contributed by atoms with Gasteiger partial charge in [0, 0.05) is 12.5 Å². The number of aryl methyl sites for hydroxylation is 2. The molecule has 1 amide bonds. The van der Waals surface area contributed by atoms with Gasteiger partial charge in [0.05, 0.1) is 6.04 Å². The zero-order valence-electron chi connectivity index (χ0n) is 16.9. The highest BCUT2D eigenvalue weighted by atomic mass is 16.1. The van der Waals surface area contributed by atoms with Crippen LogP contribution in [0.1, 0.15) is 54.5 Å². The molecule has 1 aliphatic rings. The van der Waals surface area contributed by atoms with Crippen LogP contribution in [0.3, 0.4) is 0 Å². The average molecular weight is 365 g/mol. The molecule has 3 nitrogen and oxygen atoms in total. The zero-order chi connectivity index (χ0) is 19.2. The van der Waals surface area contributed by atoms with Gasteiger partial charge < -0.3 is 5.32 Å². The summed E-state index contributed by atoms with van der Waals surface area (Å²) < 4.78 is 0. The highest BCUT2D eigenvalue weighted by Crippen LogP contribution is 2.22. The summed E-state index contributed by atoms with van der Waals surface area (Å²) in [4.78, 5) is 15.2. The minimum absolute atomic E-state index is 0.115. The average Bonchev–Trinajstić information content (AvgIpc) is 2.69. The van der Waals surface area contributed by atoms with Gasteiger partial charge in [-0.05, 0) is 57.3 Å². The number of piperidine rings is 1. The Labute approximate surface area is 163 Å². The number of carbonyl (C=O) groups excluding carboxylic acids is 1. The van der Waals surface area contributed by atoms with Crippen LogP contribution in [0.25, 0.3) is 0 Å². The lowest BCUT2D eigenvalue weighted by molar-refractivity contribution is -0.127. The second kappa shape index (κ2) is 9.18. The first-order valence-corrected chi connectivity index (χ1v) is 10.2. The number of hydrogen-bond donors (Lipinski definition) is 1. The molecule has 1 saturated heterocycles. The smallest absolute Gasteiger partial charge is 0.223 e. The standard InChI is InChI=1S/C24H32N2O/c1-4-23(21-11-7-19(3)8-12-21)25-24(27)22-13-15-26(16-14-22)17-20-9-5-18(2)6-10-20/h5-12,22-23H,4,13-17H2,1-3H3,(H,25,27)/t23-/m0/s1. The molecule has 0 radical (unpaired) electrons. The maximum absolute atomic E-state index is 12.8. The Hall–Kier alpha value is -2.13. The Kier molecular flexibility index (Phi) is 6.68.